The standard InChI is InChI=1S/C23H30S11/c1-3-5-7-9-11-25-18-19(26-12-10-8-6-4-2)32-17(31-18)15-16(24)30-22(29-15)23-33-20-21(34-23)28-14-13-27-20/h3-14H2,1-2H3. The maximum atomic E-state index is 5.91. The minimum Gasteiger partial charge on any atom is -0.119 e. The molecular formula is C23H30S11. The van der Waals surface area contributed by atoms with E-state index in [2.05, 4.69) is 37.4 Å². The van der Waals surface area contributed by atoms with Gasteiger partial charge in [-0.2, -0.15) is 0 Å². The molecule has 4 heterocycles. The summed E-state index contributed by atoms with van der Waals surface area (Å²) >= 11 is 25.9. The van der Waals surface area contributed by atoms with Crippen LogP contribution >= 0.6 is 129 Å². The first-order chi connectivity index (χ1) is 16.7. The van der Waals surface area contributed by atoms with Gasteiger partial charge in [0.1, 0.15) is 7.67 Å². The number of hydrogen-bond acceptors (Lipinski definition) is 11. The van der Waals surface area contributed by atoms with Crippen molar-refractivity contribution in [1.82, 2.24) is 0 Å². The van der Waals surface area contributed by atoms with Gasteiger partial charge in [-0.1, -0.05) is 112 Å². The van der Waals surface area contributed by atoms with Crippen molar-refractivity contribution in [2.75, 3.05) is 23.0 Å². The zero-order valence-electron chi connectivity index (χ0n) is 19.5. The molecule has 0 radical (unpaired) electrons. The Morgan fingerprint density at radius 3 is 1.74 bits per heavy atom. The van der Waals surface area contributed by atoms with E-state index in [0.29, 0.717) is 0 Å². The Bertz CT molecular complexity index is 1030. The molecule has 0 aromatic carbocycles. The lowest BCUT2D eigenvalue weighted by atomic mass is 10.2. The molecule has 0 unspecified atom stereocenters. The minimum atomic E-state index is 1.08. The van der Waals surface area contributed by atoms with Crippen LogP contribution in [0.5, 0.6) is 0 Å². The SMILES string of the molecule is CCCCCCSC1=C(SCCCCCC)SC(=c2sc(=C3SC4=C(SCCS4)S3)sc2=S)S1. The van der Waals surface area contributed by atoms with E-state index in [0.717, 1.165) is 3.82 Å². The Hall–Kier alpha value is 2.29. The van der Waals surface area contributed by atoms with Crippen LogP contribution in [0.1, 0.15) is 65.2 Å². The Labute approximate surface area is 252 Å². The van der Waals surface area contributed by atoms with E-state index in [1.807, 2.05) is 93.2 Å². The summed E-state index contributed by atoms with van der Waals surface area (Å²) in [5.74, 6) is 4.97. The summed E-state index contributed by atoms with van der Waals surface area (Å²) in [4.78, 5) is 0. The van der Waals surface area contributed by atoms with Crippen LogP contribution in [0.4, 0.5) is 0 Å². The topological polar surface area (TPSA) is 0 Å². The molecule has 1 aromatic rings. The predicted octanol–water partition coefficient (Wildman–Crippen LogP) is 11.0. The number of rotatable bonds is 12. The van der Waals surface area contributed by atoms with E-state index < -0.39 is 0 Å². The second-order valence-electron chi connectivity index (χ2n) is 7.76. The monoisotopic (exact) mass is 658 g/mol. The number of unbranched alkanes of at least 4 members (excludes halogenated alkanes) is 6. The zero-order chi connectivity index (χ0) is 23.8. The van der Waals surface area contributed by atoms with Crippen LogP contribution in [0.2, 0.25) is 0 Å². The van der Waals surface area contributed by atoms with Crippen LogP contribution in [0.25, 0.3) is 8.47 Å². The van der Waals surface area contributed by atoms with Gasteiger partial charge in [-0.05, 0) is 24.3 Å². The van der Waals surface area contributed by atoms with E-state index >= 15 is 0 Å². The smallest absolute Gasteiger partial charge is 0.110 e. The molecule has 4 rings (SSSR count). The van der Waals surface area contributed by atoms with Crippen LogP contribution in [0.3, 0.4) is 0 Å². The normalized spacial score (nSPS) is 18.5. The highest BCUT2D eigenvalue weighted by Crippen LogP contribution is 2.60. The fourth-order valence-corrected chi connectivity index (χ4v) is 18.9. The first-order valence-corrected chi connectivity index (χ1v) is 21.0. The largest absolute Gasteiger partial charge is 0.119 e. The summed E-state index contributed by atoms with van der Waals surface area (Å²) in [6.45, 7) is 4.58. The molecule has 3 aliphatic heterocycles. The molecule has 0 saturated carbocycles. The summed E-state index contributed by atoms with van der Waals surface area (Å²) in [5.41, 5.74) is 0. The van der Waals surface area contributed by atoms with E-state index in [1.165, 1.54) is 108 Å². The van der Waals surface area contributed by atoms with Gasteiger partial charge >= 0.3 is 0 Å². The molecule has 1 aromatic heterocycles. The summed E-state index contributed by atoms with van der Waals surface area (Å²) in [7, 11) is 0. The first kappa shape index (κ1) is 29.3. The third-order valence-corrected chi connectivity index (χ3v) is 20.3. The molecule has 0 amide bonds. The van der Waals surface area contributed by atoms with E-state index in [9.17, 15) is 0 Å². The fourth-order valence-electron chi connectivity index (χ4n) is 3.22. The van der Waals surface area contributed by atoms with Crippen LogP contribution in [-0.4, -0.2) is 23.0 Å². The van der Waals surface area contributed by atoms with Crippen molar-refractivity contribution in [1.29, 1.82) is 0 Å². The molecule has 11 heteroatoms. The van der Waals surface area contributed by atoms with Gasteiger partial charge in [0.05, 0.1) is 30.0 Å². The average molecular weight is 659 g/mol. The first-order valence-electron chi connectivity index (χ1n) is 11.8. The van der Waals surface area contributed by atoms with E-state index in [4.69, 9.17) is 12.2 Å². The summed E-state index contributed by atoms with van der Waals surface area (Å²) in [6, 6.07) is 0. The lowest BCUT2D eigenvalue weighted by Crippen LogP contribution is -1.96. The van der Waals surface area contributed by atoms with Gasteiger partial charge in [0.25, 0.3) is 0 Å². The maximum Gasteiger partial charge on any atom is 0.110 e. The quantitative estimate of drug-likeness (QED) is 0.157. The van der Waals surface area contributed by atoms with Crippen molar-refractivity contribution in [3.8, 4) is 0 Å². The Kier molecular flexibility index (Phi) is 13.6. The molecule has 188 valence electrons. The zero-order valence-corrected chi connectivity index (χ0v) is 28.5. The highest BCUT2D eigenvalue weighted by molar-refractivity contribution is 8.47. The molecule has 0 saturated heterocycles. The van der Waals surface area contributed by atoms with Gasteiger partial charge in [-0.3, -0.25) is 0 Å². The fraction of sp³-hybridized carbons (Fsp3) is 0.609. The second kappa shape index (κ2) is 15.8. The van der Waals surface area contributed by atoms with Crippen LogP contribution in [-0.2, 0) is 0 Å². The number of hydrogen-bond donors (Lipinski definition) is 0. The lowest BCUT2D eigenvalue weighted by Gasteiger charge is -2.08. The van der Waals surface area contributed by atoms with Gasteiger partial charge in [0.2, 0.25) is 0 Å². The van der Waals surface area contributed by atoms with Crippen molar-refractivity contribution in [2.24, 2.45) is 0 Å². The molecule has 0 fully saturated rings. The summed E-state index contributed by atoms with van der Waals surface area (Å²) in [6.07, 6.45) is 10.7. The highest BCUT2D eigenvalue weighted by atomic mass is 32.3. The van der Waals surface area contributed by atoms with Crippen molar-refractivity contribution in [3.63, 3.8) is 0 Å². The van der Waals surface area contributed by atoms with Crippen LogP contribution in [0, 0.1) is 3.82 Å². The van der Waals surface area contributed by atoms with Crippen molar-refractivity contribution in [2.45, 2.75) is 65.2 Å². The maximum absolute atomic E-state index is 5.91. The molecule has 3 aliphatic rings. The molecule has 0 bridgehead atoms. The molecular weight excluding hydrogens is 629 g/mol. The molecule has 0 aliphatic carbocycles. The van der Waals surface area contributed by atoms with Crippen LogP contribution < -0.4 is 8.38 Å². The Balaban J connectivity index is 1.49. The summed E-state index contributed by atoms with van der Waals surface area (Å²) < 4.78 is 12.8. The lowest BCUT2D eigenvalue weighted by molar-refractivity contribution is 0.707. The predicted molar refractivity (Wildman–Crippen MR) is 182 cm³/mol. The van der Waals surface area contributed by atoms with Gasteiger partial charge in [0, 0.05) is 11.5 Å². The molecule has 0 nitrogen and oxygen atoms in total. The second-order valence-corrected chi connectivity index (χ2v) is 20.8. The average Bonchev–Trinajstić information content (AvgIpc) is 3.55. The van der Waals surface area contributed by atoms with E-state index in [1.54, 1.807) is 0 Å². The number of thioether (sulfide) groups is 8. The highest BCUT2D eigenvalue weighted by Gasteiger charge is 2.27. The Morgan fingerprint density at radius 1 is 0.647 bits per heavy atom. The van der Waals surface area contributed by atoms with Crippen molar-refractivity contribution < 1.29 is 0 Å². The minimum absolute atomic E-state index is 1.08. The molecule has 0 spiro atoms. The molecule has 0 N–H and O–H groups in total. The van der Waals surface area contributed by atoms with Gasteiger partial charge in [-0.25, -0.2) is 0 Å². The van der Waals surface area contributed by atoms with Crippen molar-refractivity contribution in [3.05, 3.63) is 29.2 Å². The third kappa shape index (κ3) is 8.39. The van der Waals surface area contributed by atoms with Crippen molar-refractivity contribution >= 4 is 137 Å². The van der Waals surface area contributed by atoms with Gasteiger partial charge in [-0.15, -0.1) is 69.7 Å². The van der Waals surface area contributed by atoms with Gasteiger partial charge < -0.3 is 0 Å². The molecule has 0 atom stereocenters. The van der Waals surface area contributed by atoms with Gasteiger partial charge in [0.15, 0.2) is 0 Å². The summed E-state index contributed by atoms with van der Waals surface area (Å²) in [5, 5.41) is 0. The van der Waals surface area contributed by atoms with E-state index in [-0.39, 0.29) is 0 Å². The Morgan fingerprint density at radius 2 is 1.21 bits per heavy atom. The van der Waals surface area contributed by atoms with Crippen LogP contribution in [0.15, 0.2) is 16.9 Å². The third-order valence-electron chi connectivity index (χ3n) is 5.00. The molecule has 34 heavy (non-hydrogen) atoms.